The summed E-state index contributed by atoms with van der Waals surface area (Å²) in [5.74, 6) is -0.635. The summed E-state index contributed by atoms with van der Waals surface area (Å²) >= 11 is 3.17. The van der Waals surface area contributed by atoms with Gasteiger partial charge in [-0.05, 0) is 48.0 Å². The smallest absolute Gasteiger partial charge is 0.420 e. The van der Waals surface area contributed by atoms with Crippen molar-refractivity contribution in [2.45, 2.75) is 25.7 Å². The van der Waals surface area contributed by atoms with Crippen molar-refractivity contribution in [3.63, 3.8) is 0 Å². The quantitative estimate of drug-likeness (QED) is 0.351. The molecule has 0 amide bonds. The molecule has 0 aliphatic carbocycles. The minimum Gasteiger partial charge on any atom is -0.460 e. The molecule has 1 atom stereocenters. The van der Waals surface area contributed by atoms with Gasteiger partial charge in [-0.25, -0.2) is 13.8 Å². The van der Waals surface area contributed by atoms with E-state index in [0.29, 0.717) is 16.2 Å². The molecule has 0 bridgehead atoms. The number of benzene rings is 1. The number of hydrogen-bond acceptors (Lipinski definition) is 3. The second kappa shape index (κ2) is 7.74. The number of aromatic amines is 1. The molecule has 1 N–H and O–H groups in total. The molecule has 154 valence electrons. The zero-order valence-corrected chi connectivity index (χ0v) is 16.8. The summed E-state index contributed by atoms with van der Waals surface area (Å²) in [5, 5.41) is 0.191. The van der Waals surface area contributed by atoms with Crippen molar-refractivity contribution in [2.75, 3.05) is 6.61 Å². The molecular formula is C19H15BrF5N3O. The molecule has 1 aromatic carbocycles. The van der Waals surface area contributed by atoms with Gasteiger partial charge in [0.15, 0.2) is 5.67 Å². The summed E-state index contributed by atoms with van der Waals surface area (Å²) < 4.78 is 74.1. The van der Waals surface area contributed by atoms with Crippen LogP contribution in [-0.2, 0) is 6.18 Å². The Morgan fingerprint density at radius 1 is 1.24 bits per heavy atom. The van der Waals surface area contributed by atoms with Crippen LogP contribution in [0.1, 0.15) is 19.4 Å². The van der Waals surface area contributed by atoms with Crippen LogP contribution in [-0.4, -0.2) is 27.2 Å². The third-order valence-electron chi connectivity index (χ3n) is 4.03. The van der Waals surface area contributed by atoms with Gasteiger partial charge in [0.25, 0.3) is 0 Å². The number of H-pyrrole nitrogens is 1. The van der Waals surface area contributed by atoms with Crippen LogP contribution >= 0.6 is 15.9 Å². The van der Waals surface area contributed by atoms with Gasteiger partial charge in [0.2, 0.25) is 0 Å². The minimum atomic E-state index is -4.76. The van der Waals surface area contributed by atoms with E-state index in [2.05, 4.69) is 30.9 Å². The number of allylic oxidation sites excluding steroid dienone is 1. The highest BCUT2D eigenvalue weighted by Gasteiger charge is 2.36. The van der Waals surface area contributed by atoms with E-state index in [0.717, 1.165) is 6.07 Å². The molecule has 0 unspecified atom stereocenters. The molecule has 2 heterocycles. The summed E-state index contributed by atoms with van der Waals surface area (Å²) in [6.45, 7) is 2.38. The molecule has 0 fully saturated rings. The summed E-state index contributed by atoms with van der Waals surface area (Å²) in [4.78, 5) is 10.2. The lowest BCUT2D eigenvalue weighted by Crippen LogP contribution is -2.25. The van der Waals surface area contributed by atoms with Crippen molar-refractivity contribution in [3.8, 4) is 17.3 Å². The molecule has 0 aliphatic rings. The van der Waals surface area contributed by atoms with Crippen LogP contribution in [0.4, 0.5) is 22.0 Å². The van der Waals surface area contributed by atoms with Crippen molar-refractivity contribution >= 4 is 26.8 Å². The van der Waals surface area contributed by atoms with E-state index >= 15 is 0 Å². The monoisotopic (exact) mass is 475 g/mol. The molecule has 2 aromatic heterocycles. The number of ether oxygens (including phenoxy) is 1. The lowest BCUT2D eigenvalue weighted by molar-refractivity contribution is -0.137. The number of nitrogens with one attached hydrogen (secondary N) is 1. The second-order valence-corrected chi connectivity index (χ2v) is 7.35. The van der Waals surface area contributed by atoms with Crippen LogP contribution in [0.5, 0.6) is 6.01 Å². The molecule has 0 aliphatic heterocycles. The second-order valence-electron chi connectivity index (χ2n) is 6.49. The fraction of sp³-hybridized carbons (Fsp3) is 0.263. The van der Waals surface area contributed by atoms with Crippen molar-refractivity contribution in [1.82, 2.24) is 15.0 Å². The zero-order chi connectivity index (χ0) is 21.4. The van der Waals surface area contributed by atoms with Crippen molar-refractivity contribution in [3.05, 3.63) is 52.5 Å². The molecule has 29 heavy (non-hydrogen) atoms. The zero-order valence-electron chi connectivity index (χ0n) is 15.2. The molecule has 0 saturated carbocycles. The normalized spacial score (nSPS) is 14.5. The van der Waals surface area contributed by atoms with Gasteiger partial charge in [-0.1, -0.05) is 6.08 Å². The van der Waals surface area contributed by atoms with E-state index in [1.165, 1.54) is 31.3 Å². The first-order chi connectivity index (χ1) is 13.5. The first-order valence-corrected chi connectivity index (χ1v) is 9.17. The third-order valence-corrected chi connectivity index (χ3v) is 4.66. The summed E-state index contributed by atoms with van der Waals surface area (Å²) in [5.41, 5.74) is -3.06. The fourth-order valence-corrected chi connectivity index (χ4v) is 3.35. The van der Waals surface area contributed by atoms with Crippen LogP contribution in [0, 0.1) is 5.82 Å². The Hall–Kier alpha value is -2.49. The van der Waals surface area contributed by atoms with Crippen LogP contribution in [0.2, 0.25) is 0 Å². The predicted molar refractivity (Wildman–Crippen MR) is 102 cm³/mol. The maximum absolute atomic E-state index is 14.2. The van der Waals surface area contributed by atoms with E-state index in [-0.39, 0.29) is 10.9 Å². The average molecular weight is 476 g/mol. The topological polar surface area (TPSA) is 50.8 Å². The minimum absolute atomic E-state index is 0.0104. The Balaban J connectivity index is 2.11. The van der Waals surface area contributed by atoms with Gasteiger partial charge in [0.05, 0.1) is 11.2 Å². The standard InChI is InChI=1S/C19H15BrF5N3O/c1-3-4-18(2,22)9-29-17-27-8-13(19(23,24)25)15(28-17)12-7-26-16-11(12)5-10(21)6-14(16)20/h3-8,26H,9H2,1-2H3/b4-3+/t18-/m0/s1. The van der Waals surface area contributed by atoms with E-state index < -0.39 is 41.5 Å². The average Bonchev–Trinajstić information content (AvgIpc) is 3.03. The highest BCUT2D eigenvalue weighted by molar-refractivity contribution is 9.10. The van der Waals surface area contributed by atoms with Gasteiger partial charge in [-0.2, -0.15) is 18.2 Å². The lowest BCUT2D eigenvalue weighted by Gasteiger charge is -2.17. The number of aromatic nitrogens is 3. The number of hydrogen-bond donors (Lipinski definition) is 1. The molecular weight excluding hydrogens is 461 g/mol. The molecule has 4 nitrogen and oxygen atoms in total. The van der Waals surface area contributed by atoms with Crippen molar-refractivity contribution in [2.24, 2.45) is 0 Å². The highest BCUT2D eigenvalue weighted by atomic mass is 79.9. The fourth-order valence-electron chi connectivity index (χ4n) is 2.80. The number of fused-ring (bicyclic) bond motifs is 1. The maximum atomic E-state index is 14.2. The van der Waals surface area contributed by atoms with E-state index in [1.54, 1.807) is 6.92 Å². The van der Waals surface area contributed by atoms with Crippen LogP contribution in [0.15, 0.2) is 41.2 Å². The molecule has 0 spiro atoms. The molecule has 3 aromatic rings. The largest absolute Gasteiger partial charge is 0.460 e. The van der Waals surface area contributed by atoms with Gasteiger partial charge < -0.3 is 9.72 Å². The maximum Gasteiger partial charge on any atom is 0.420 e. The SMILES string of the molecule is C/C=C/[C@](C)(F)COc1ncc(C(F)(F)F)c(-c2c[nH]c3c(Br)cc(F)cc23)n1. The number of halogens is 6. The Labute approximate surface area is 170 Å². The van der Waals surface area contributed by atoms with Crippen molar-refractivity contribution in [1.29, 1.82) is 0 Å². The lowest BCUT2D eigenvalue weighted by atomic mass is 10.1. The van der Waals surface area contributed by atoms with Crippen molar-refractivity contribution < 1.29 is 26.7 Å². The van der Waals surface area contributed by atoms with Gasteiger partial charge in [-0.15, -0.1) is 0 Å². The van der Waals surface area contributed by atoms with Crippen LogP contribution < -0.4 is 4.74 Å². The first-order valence-electron chi connectivity index (χ1n) is 8.38. The summed E-state index contributed by atoms with van der Waals surface area (Å²) in [7, 11) is 0. The molecule has 0 radical (unpaired) electrons. The summed E-state index contributed by atoms with van der Waals surface area (Å²) in [6, 6.07) is 1.86. The number of alkyl halides is 4. The van der Waals surface area contributed by atoms with Gasteiger partial charge in [-0.3, -0.25) is 0 Å². The Morgan fingerprint density at radius 3 is 2.62 bits per heavy atom. The Morgan fingerprint density at radius 2 is 1.97 bits per heavy atom. The number of nitrogens with zero attached hydrogens (tertiary/aromatic N) is 2. The van der Waals surface area contributed by atoms with E-state index in [1.807, 2.05) is 0 Å². The van der Waals surface area contributed by atoms with E-state index in [4.69, 9.17) is 4.74 Å². The number of rotatable bonds is 5. The third kappa shape index (κ3) is 4.58. The molecule has 3 rings (SSSR count). The van der Waals surface area contributed by atoms with Crippen LogP contribution in [0.3, 0.4) is 0 Å². The van der Waals surface area contributed by atoms with Crippen LogP contribution in [0.25, 0.3) is 22.2 Å². The van der Waals surface area contributed by atoms with Gasteiger partial charge in [0.1, 0.15) is 18.0 Å². The molecule has 10 heteroatoms. The first kappa shape index (κ1) is 21.2. The highest BCUT2D eigenvalue weighted by Crippen LogP contribution is 2.40. The van der Waals surface area contributed by atoms with Gasteiger partial charge in [0, 0.05) is 27.8 Å². The Kier molecular flexibility index (Phi) is 5.66. The van der Waals surface area contributed by atoms with Gasteiger partial charge >= 0.3 is 12.2 Å². The molecule has 0 saturated heterocycles. The predicted octanol–water partition coefficient (Wildman–Crippen LogP) is 6.23. The summed E-state index contributed by atoms with van der Waals surface area (Å²) in [6.07, 6.45) is -0.175. The van der Waals surface area contributed by atoms with E-state index in [9.17, 15) is 22.0 Å². The Bertz CT molecular complexity index is 1080.